The van der Waals surface area contributed by atoms with Crippen LogP contribution in [0.1, 0.15) is 67.3 Å². The number of carbonyl (C=O) groups is 1. The van der Waals surface area contributed by atoms with Crippen molar-refractivity contribution in [3.8, 4) is 0 Å². The van der Waals surface area contributed by atoms with Gasteiger partial charge in [-0.25, -0.2) is 0 Å². The van der Waals surface area contributed by atoms with Gasteiger partial charge in [0.05, 0.1) is 18.7 Å². The van der Waals surface area contributed by atoms with E-state index in [4.69, 9.17) is 0 Å². The third-order valence-corrected chi connectivity index (χ3v) is 6.86. The molecule has 1 aliphatic carbocycles. The number of fused-ring (bicyclic) bond motifs is 1. The summed E-state index contributed by atoms with van der Waals surface area (Å²) >= 11 is 0. The summed E-state index contributed by atoms with van der Waals surface area (Å²) < 4.78 is 0. The zero-order chi connectivity index (χ0) is 20.8. The summed E-state index contributed by atoms with van der Waals surface area (Å²) in [5.74, 6) is 0.809. The number of hydrogen-bond donors (Lipinski definition) is 2. The number of carbonyl (C=O) groups excluding carboxylic acids is 1. The molecular weight excluding hydrogens is 372 g/mol. The van der Waals surface area contributed by atoms with Gasteiger partial charge in [0.25, 0.3) is 0 Å². The molecule has 2 aromatic carbocycles. The molecule has 2 aliphatic rings. The van der Waals surface area contributed by atoms with E-state index in [1.165, 1.54) is 43.2 Å². The highest BCUT2D eigenvalue weighted by Gasteiger charge is 2.36. The minimum atomic E-state index is -0.129. The number of aliphatic hydroxyl groups excluding tert-OH is 1. The molecule has 30 heavy (non-hydrogen) atoms. The van der Waals surface area contributed by atoms with E-state index in [1.54, 1.807) is 0 Å². The van der Waals surface area contributed by atoms with Crippen LogP contribution in [0.3, 0.4) is 0 Å². The Morgan fingerprint density at radius 3 is 2.53 bits per heavy atom. The molecule has 1 saturated carbocycles. The molecule has 4 rings (SSSR count). The van der Waals surface area contributed by atoms with Gasteiger partial charge in [0, 0.05) is 19.5 Å². The van der Waals surface area contributed by atoms with Crippen LogP contribution in [0, 0.1) is 5.92 Å². The standard InChI is InChI=1S/C26H34N2O2/c29-19-24(21-10-3-1-4-11-21)27-17-15-25(30)28-18-16-20-9-7-8-14-23(20)26(28)22-12-5-2-6-13-22/h1,3-4,7-11,14,22,24,26-27,29H,2,5-6,12-13,15-19H2/t24-,26?/m0/s1. The molecule has 4 nitrogen and oxygen atoms in total. The molecule has 0 aromatic heterocycles. The first-order chi connectivity index (χ1) is 14.8. The van der Waals surface area contributed by atoms with E-state index >= 15 is 0 Å². The van der Waals surface area contributed by atoms with E-state index in [2.05, 4.69) is 34.5 Å². The summed E-state index contributed by atoms with van der Waals surface area (Å²) in [6, 6.07) is 18.8. The number of nitrogens with zero attached hydrogens (tertiary/aromatic N) is 1. The van der Waals surface area contributed by atoms with Crippen LogP contribution in [0.25, 0.3) is 0 Å². The SMILES string of the molecule is O=C(CCN[C@@H](CO)c1ccccc1)N1CCc2ccccc2C1C1CCCCC1. The van der Waals surface area contributed by atoms with Crippen LogP contribution in [0.2, 0.25) is 0 Å². The monoisotopic (exact) mass is 406 g/mol. The van der Waals surface area contributed by atoms with Crippen LogP contribution in [0.5, 0.6) is 0 Å². The second-order valence-electron chi connectivity index (χ2n) is 8.73. The third kappa shape index (κ3) is 4.76. The van der Waals surface area contributed by atoms with Crippen molar-refractivity contribution in [1.82, 2.24) is 10.2 Å². The number of hydrogen-bond acceptors (Lipinski definition) is 3. The first-order valence-corrected chi connectivity index (χ1v) is 11.5. The average Bonchev–Trinajstić information content (AvgIpc) is 2.82. The molecule has 0 radical (unpaired) electrons. The summed E-state index contributed by atoms with van der Waals surface area (Å²) in [6.45, 7) is 1.42. The third-order valence-electron chi connectivity index (χ3n) is 6.86. The van der Waals surface area contributed by atoms with E-state index in [9.17, 15) is 9.90 Å². The molecule has 1 aliphatic heterocycles. The Morgan fingerprint density at radius 1 is 1.03 bits per heavy atom. The highest BCUT2D eigenvalue weighted by Crippen LogP contribution is 2.42. The van der Waals surface area contributed by atoms with Gasteiger partial charge in [0.2, 0.25) is 5.91 Å². The van der Waals surface area contributed by atoms with Crippen LogP contribution in [-0.2, 0) is 11.2 Å². The minimum Gasteiger partial charge on any atom is -0.394 e. The van der Waals surface area contributed by atoms with E-state index in [1.807, 2.05) is 30.3 Å². The highest BCUT2D eigenvalue weighted by atomic mass is 16.3. The summed E-state index contributed by atoms with van der Waals surface area (Å²) in [7, 11) is 0. The van der Waals surface area contributed by atoms with Gasteiger partial charge >= 0.3 is 0 Å². The number of nitrogens with one attached hydrogen (secondary N) is 1. The number of amides is 1. The lowest BCUT2D eigenvalue weighted by Crippen LogP contribution is -2.44. The summed E-state index contributed by atoms with van der Waals surface area (Å²) in [4.78, 5) is 15.5. The van der Waals surface area contributed by atoms with Crippen molar-refractivity contribution in [3.05, 3.63) is 71.3 Å². The van der Waals surface area contributed by atoms with Gasteiger partial charge in [-0.3, -0.25) is 4.79 Å². The van der Waals surface area contributed by atoms with E-state index in [0.717, 1.165) is 18.5 Å². The normalized spacial score (nSPS) is 20.6. The molecule has 0 bridgehead atoms. The van der Waals surface area contributed by atoms with Gasteiger partial charge in [0.15, 0.2) is 0 Å². The van der Waals surface area contributed by atoms with Gasteiger partial charge in [-0.15, -0.1) is 0 Å². The molecule has 160 valence electrons. The van der Waals surface area contributed by atoms with Crippen molar-refractivity contribution in [3.63, 3.8) is 0 Å². The fourth-order valence-electron chi connectivity index (χ4n) is 5.31. The van der Waals surface area contributed by atoms with Crippen LogP contribution in [-0.4, -0.2) is 35.6 Å². The Bertz CT molecular complexity index is 817. The Balaban J connectivity index is 1.43. The zero-order valence-corrected chi connectivity index (χ0v) is 17.8. The zero-order valence-electron chi connectivity index (χ0n) is 17.8. The Morgan fingerprint density at radius 2 is 1.77 bits per heavy atom. The summed E-state index contributed by atoms with van der Waals surface area (Å²) in [5.41, 5.74) is 3.84. The van der Waals surface area contributed by atoms with Crippen LogP contribution in [0.4, 0.5) is 0 Å². The Hall–Kier alpha value is -2.17. The lowest BCUT2D eigenvalue weighted by atomic mass is 9.77. The maximum absolute atomic E-state index is 13.3. The lowest BCUT2D eigenvalue weighted by molar-refractivity contribution is -0.135. The maximum atomic E-state index is 13.3. The van der Waals surface area contributed by atoms with Crippen molar-refractivity contribution in [2.45, 2.75) is 57.0 Å². The van der Waals surface area contributed by atoms with E-state index in [0.29, 0.717) is 18.9 Å². The minimum absolute atomic E-state index is 0.0278. The molecule has 2 atom stereocenters. The lowest BCUT2D eigenvalue weighted by Gasteiger charge is -2.43. The van der Waals surface area contributed by atoms with Crippen molar-refractivity contribution < 1.29 is 9.90 Å². The molecule has 1 amide bonds. The molecule has 1 heterocycles. The van der Waals surface area contributed by atoms with Crippen LogP contribution < -0.4 is 5.32 Å². The van der Waals surface area contributed by atoms with E-state index < -0.39 is 0 Å². The molecule has 1 unspecified atom stereocenters. The van der Waals surface area contributed by atoms with Crippen LogP contribution >= 0.6 is 0 Å². The Kier molecular flexibility index (Phi) is 7.19. The van der Waals surface area contributed by atoms with Gasteiger partial charge in [-0.2, -0.15) is 0 Å². The van der Waals surface area contributed by atoms with Crippen molar-refractivity contribution in [1.29, 1.82) is 0 Å². The predicted octanol–water partition coefficient (Wildman–Crippen LogP) is 4.41. The molecule has 0 spiro atoms. The van der Waals surface area contributed by atoms with Gasteiger partial charge < -0.3 is 15.3 Å². The largest absolute Gasteiger partial charge is 0.394 e. The molecule has 0 saturated heterocycles. The first kappa shape index (κ1) is 21.1. The Labute approximate surface area is 180 Å². The molecule has 4 heteroatoms. The van der Waals surface area contributed by atoms with Gasteiger partial charge in [-0.1, -0.05) is 73.9 Å². The van der Waals surface area contributed by atoms with Gasteiger partial charge in [-0.05, 0) is 41.9 Å². The maximum Gasteiger partial charge on any atom is 0.224 e. The second-order valence-corrected chi connectivity index (χ2v) is 8.73. The van der Waals surface area contributed by atoms with Crippen LogP contribution in [0.15, 0.2) is 54.6 Å². The average molecular weight is 407 g/mol. The summed E-state index contributed by atoms with van der Waals surface area (Å²) in [5, 5.41) is 13.1. The number of rotatable bonds is 7. The predicted molar refractivity (Wildman–Crippen MR) is 120 cm³/mol. The fourth-order valence-corrected chi connectivity index (χ4v) is 5.31. The number of aliphatic hydroxyl groups is 1. The van der Waals surface area contributed by atoms with Gasteiger partial charge in [0.1, 0.15) is 0 Å². The summed E-state index contributed by atoms with van der Waals surface area (Å²) in [6.07, 6.45) is 7.74. The number of benzene rings is 2. The molecule has 1 fully saturated rings. The topological polar surface area (TPSA) is 52.6 Å². The molecule has 2 N–H and O–H groups in total. The van der Waals surface area contributed by atoms with E-state index in [-0.39, 0.29) is 24.6 Å². The fraction of sp³-hybridized carbons (Fsp3) is 0.500. The molecule has 2 aromatic rings. The quantitative estimate of drug-likeness (QED) is 0.716. The smallest absolute Gasteiger partial charge is 0.224 e. The highest BCUT2D eigenvalue weighted by molar-refractivity contribution is 5.77. The van der Waals surface area contributed by atoms with Crippen molar-refractivity contribution in [2.24, 2.45) is 5.92 Å². The second kappa shape index (κ2) is 10.2. The van der Waals surface area contributed by atoms with Crippen molar-refractivity contribution in [2.75, 3.05) is 19.7 Å². The first-order valence-electron chi connectivity index (χ1n) is 11.5. The van der Waals surface area contributed by atoms with Crippen molar-refractivity contribution >= 4 is 5.91 Å². The molecular formula is C26H34N2O2.